The molecule has 0 aromatic carbocycles. The molecule has 6 heteroatoms. The van der Waals surface area contributed by atoms with Crippen LogP contribution in [0.1, 0.15) is 16.9 Å². The summed E-state index contributed by atoms with van der Waals surface area (Å²) >= 11 is 0. The first-order valence-corrected chi connectivity index (χ1v) is 4.85. The van der Waals surface area contributed by atoms with Crippen LogP contribution in [0.3, 0.4) is 0 Å². The highest BCUT2D eigenvalue weighted by molar-refractivity contribution is 5.81. The lowest BCUT2D eigenvalue weighted by molar-refractivity contribution is 0.0793. The minimum absolute atomic E-state index is 0.143. The summed E-state index contributed by atoms with van der Waals surface area (Å²) in [5.74, 6) is -0.312. The minimum Gasteiger partial charge on any atom is -0.381 e. The maximum absolute atomic E-state index is 11.9. The Balaban J connectivity index is 2.27. The van der Waals surface area contributed by atoms with E-state index in [0.717, 1.165) is 0 Å². The van der Waals surface area contributed by atoms with E-state index in [1.54, 1.807) is 0 Å². The molecule has 1 fully saturated rings. The molecule has 1 saturated heterocycles. The highest BCUT2D eigenvalue weighted by Crippen LogP contribution is 2.14. The molecule has 1 aliphatic rings. The van der Waals surface area contributed by atoms with Gasteiger partial charge < -0.3 is 10.5 Å². The number of aromatic amines is 1. The molecule has 0 spiro atoms. The van der Waals surface area contributed by atoms with Gasteiger partial charge in [0.05, 0.1) is 18.2 Å². The molecule has 0 amide bonds. The second kappa shape index (κ2) is 4.00. The van der Waals surface area contributed by atoms with Crippen molar-refractivity contribution in [3.05, 3.63) is 22.1 Å². The van der Waals surface area contributed by atoms with E-state index < -0.39 is 0 Å². The molecule has 1 aromatic rings. The molecule has 2 rings (SSSR count). The van der Waals surface area contributed by atoms with E-state index in [-0.39, 0.29) is 23.9 Å². The third-order valence-electron chi connectivity index (χ3n) is 2.52. The van der Waals surface area contributed by atoms with Crippen LogP contribution in [0.5, 0.6) is 0 Å². The van der Waals surface area contributed by atoms with E-state index in [0.29, 0.717) is 25.3 Å². The summed E-state index contributed by atoms with van der Waals surface area (Å²) in [6.45, 7) is 1.18. The number of nitrogens with zero attached hydrogens (tertiary/aromatic N) is 1. The van der Waals surface area contributed by atoms with Crippen LogP contribution in [0.25, 0.3) is 0 Å². The van der Waals surface area contributed by atoms with E-state index in [2.05, 4.69) is 5.10 Å². The highest BCUT2D eigenvalue weighted by Gasteiger charge is 2.26. The topological polar surface area (TPSA) is 90.1 Å². The zero-order valence-electron chi connectivity index (χ0n) is 8.23. The lowest BCUT2D eigenvalue weighted by Gasteiger charge is -2.09. The van der Waals surface area contributed by atoms with Crippen LogP contribution in [0.15, 0.2) is 10.9 Å². The van der Waals surface area contributed by atoms with Gasteiger partial charge in [-0.15, -0.1) is 0 Å². The second-order valence-electron chi connectivity index (χ2n) is 3.55. The maximum Gasteiger partial charge on any atom is 0.264 e. The van der Waals surface area contributed by atoms with Gasteiger partial charge in [0.2, 0.25) is 0 Å². The van der Waals surface area contributed by atoms with Crippen molar-refractivity contribution in [2.75, 3.05) is 13.2 Å². The highest BCUT2D eigenvalue weighted by atomic mass is 16.5. The lowest BCUT2D eigenvalue weighted by atomic mass is 10.1. The molecular formula is C9H13N3O3. The Bertz CT molecular complexity index is 414. The van der Waals surface area contributed by atoms with E-state index in [1.807, 2.05) is 0 Å². The van der Waals surface area contributed by atoms with Crippen molar-refractivity contribution >= 4 is 5.91 Å². The summed E-state index contributed by atoms with van der Waals surface area (Å²) in [5, 5.41) is 2.45. The van der Waals surface area contributed by atoms with E-state index in [9.17, 15) is 9.59 Å². The Kier molecular flexibility index (Phi) is 2.70. The first-order chi connectivity index (χ1) is 7.22. The van der Waals surface area contributed by atoms with Crippen LogP contribution in [0, 0.1) is 5.92 Å². The van der Waals surface area contributed by atoms with Gasteiger partial charge in [0, 0.05) is 19.2 Å². The number of aromatic nitrogens is 2. The normalized spacial score (nSPS) is 20.7. The number of H-pyrrole nitrogens is 1. The van der Waals surface area contributed by atoms with Crippen molar-refractivity contribution < 1.29 is 9.53 Å². The first kappa shape index (κ1) is 10.1. The quantitative estimate of drug-likeness (QED) is 0.677. The summed E-state index contributed by atoms with van der Waals surface area (Å²) < 4.78 is 6.36. The smallest absolute Gasteiger partial charge is 0.264 e. The number of hydrogen-bond donors (Lipinski definition) is 2. The van der Waals surface area contributed by atoms with Crippen LogP contribution in [0.4, 0.5) is 0 Å². The standard InChI is InChI=1S/C9H13N3O3/c10-4-7-3-8(13)11-12(7)9(14)6-1-2-15-5-6/h3,6H,1-2,4-5,10H2,(H,11,13). The molecule has 6 nitrogen and oxygen atoms in total. The Hall–Kier alpha value is -1.40. The van der Waals surface area contributed by atoms with Gasteiger partial charge in [-0.3, -0.25) is 14.7 Å². The summed E-state index contributed by atoms with van der Waals surface area (Å²) in [4.78, 5) is 23.0. The van der Waals surface area contributed by atoms with Crippen molar-refractivity contribution in [1.82, 2.24) is 9.78 Å². The van der Waals surface area contributed by atoms with Crippen LogP contribution < -0.4 is 11.3 Å². The Labute approximate surface area is 86.0 Å². The van der Waals surface area contributed by atoms with Crippen LogP contribution in [-0.2, 0) is 11.3 Å². The predicted molar refractivity (Wildman–Crippen MR) is 52.5 cm³/mol. The monoisotopic (exact) mass is 211 g/mol. The second-order valence-corrected chi connectivity index (χ2v) is 3.55. The third-order valence-corrected chi connectivity index (χ3v) is 2.52. The van der Waals surface area contributed by atoms with Crippen LogP contribution in [0.2, 0.25) is 0 Å². The fraction of sp³-hybridized carbons (Fsp3) is 0.556. The molecule has 3 N–H and O–H groups in total. The molecule has 0 saturated carbocycles. The first-order valence-electron chi connectivity index (χ1n) is 4.85. The van der Waals surface area contributed by atoms with E-state index in [1.165, 1.54) is 10.7 Å². The average molecular weight is 211 g/mol. The summed E-state index contributed by atoms with van der Waals surface area (Å²) in [6, 6.07) is 1.34. The zero-order chi connectivity index (χ0) is 10.8. The molecule has 82 valence electrons. The van der Waals surface area contributed by atoms with Gasteiger partial charge in [-0.1, -0.05) is 0 Å². The van der Waals surface area contributed by atoms with Crippen molar-refractivity contribution in [2.24, 2.45) is 11.7 Å². The van der Waals surface area contributed by atoms with E-state index in [4.69, 9.17) is 10.5 Å². The predicted octanol–water partition coefficient (Wildman–Crippen LogP) is -0.688. The average Bonchev–Trinajstić information content (AvgIpc) is 2.84. The van der Waals surface area contributed by atoms with Gasteiger partial charge in [0.15, 0.2) is 0 Å². The van der Waals surface area contributed by atoms with Crippen LogP contribution in [-0.4, -0.2) is 28.9 Å². The molecule has 0 aliphatic carbocycles. The van der Waals surface area contributed by atoms with Gasteiger partial charge in [-0.25, -0.2) is 4.68 Å². The number of nitrogens with two attached hydrogens (primary N) is 1. The van der Waals surface area contributed by atoms with Crippen LogP contribution >= 0.6 is 0 Å². The Morgan fingerprint density at radius 3 is 3.13 bits per heavy atom. The van der Waals surface area contributed by atoms with Crippen molar-refractivity contribution in [3.8, 4) is 0 Å². The minimum atomic E-state index is -0.303. The number of ether oxygens (including phenoxy) is 1. The van der Waals surface area contributed by atoms with Gasteiger partial charge >= 0.3 is 0 Å². The fourth-order valence-electron chi connectivity index (χ4n) is 1.69. The number of carbonyl (C=O) groups is 1. The van der Waals surface area contributed by atoms with Crippen molar-refractivity contribution in [2.45, 2.75) is 13.0 Å². The molecule has 15 heavy (non-hydrogen) atoms. The number of carbonyl (C=O) groups excluding carboxylic acids is 1. The number of rotatable bonds is 2. The van der Waals surface area contributed by atoms with Crippen molar-refractivity contribution in [1.29, 1.82) is 0 Å². The van der Waals surface area contributed by atoms with Gasteiger partial charge in [-0.2, -0.15) is 0 Å². The summed E-state index contributed by atoms with van der Waals surface area (Å²) in [5.41, 5.74) is 5.65. The molecule has 1 atom stereocenters. The zero-order valence-corrected chi connectivity index (χ0v) is 8.23. The third kappa shape index (κ3) is 1.86. The maximum atomic E-state index is 11.9. The molecule has 1 aliphatic heterocycles. The number of hydrogen-bond acceptors (Lipinski definition) is 4. The summed E-state index contributed by atoms with van der Waals surface area (Å²) in [7, 11) is 0. The molecule has 0 bridgehead atoms. The molecule has 2 heterocycles. The van der Waals surface area contributed by atoms with Crippen molar-refractivity contribution in [3.63, 3.8) is 0 Å². The van der Waals surface area contributed by atoms with Gasteiger partial charge in [0.1, 0.15) is 0 Å². The largest absolute Gasteiger partial charge is 0.381 e. The Morgan fingerprint density at radius 1 is 1.73 bits per heavy atom. The molecule has 1 aromatic heterocycles. The summed E-state index contributed by atoms with van der Waals surface area (Å²) in [6.07, 6.45) is 0.697. The lowest BCUT2D eigenvalue weighted by Crippen LogP contribution is -2.26. The molecule has 0 radical (unpaired) electrons. The number of nitrogens with one attached hydrogen (secondary N) is 1. The van der Waals surface area contributed by atoms with Gasteiger partial charge in [0.25, 0.3) is 11.5 Å². The fourth-order valence-corrected chi connectivity index (χ4v) is 1.69. The Morgan fingerprint density at radius 2 is 2.53 bits per heavy atom. The molecular weight excluding hydrogens is 198 g/mol. The van der Waals surface area contributed by atoms with Gasteiger partial charge in [-0.05, 0) is 6.42 Å². The SMILES string of the molecule is NCc1cc(=O)[nH]n1C(=O)C1CCOC1. The van der Waals surface area contributed by atoms with E-state index >= 15 is 0 Å². The molecule has 1 unspecified atom stereocenters.